The lowest BCUT2D eigenvalue weighted by atomic mass is 10.2. The maximum atomic E-state index is 11.8. The Morgan fingerprint density at radius 3 is 2.68 bits per heavy atom. The maximum absolute atomic E-state index is 11.8. The molecule has 0 fully saturated rings. The predicted octanol–water partition coefficient (Wildman–Crippen LogP) is 3.05. The number of carbonyl (C=O) groups is 2. The second-order valence-electron chi connectivity index (χ2n) is 4.59. The summed E-state index contributed by atoms with van der Waals surface area (Å²) in [6, 6.07) is 6.98. The number of hydrogen-bond donors (Lipinski definition) is 2. The zero-order valence-corrected chi connectivity index (χ0v) is 14.1. The maximum Gasteiger partial charge on any atom is 0.255 e. The van der Waals surface area contributed by atoms with E-state index in [1.165, 1.54) is 6.26 Å². The molecule has 7 heteroatoms. The molecule has 2 amide bonds. The lowest BCUT2D eigenvalue weighted by molar-refractivity contribution is -0.120. The van der Waals surface area contributed by atoms with Gasteiger partial charge in [0.15, 0.2) is 0 Å². The van der Waals surface area contributed by atoms with E-state index in [4.69, 9.17) is 16.0 Å². The van der Waals surface area contributed by atoms with Crippen molar-refractivity contribution in [1.82, 2.24) is 10.6 Å². The van der Waals surface area contributed by atoms with Gasteiger partial charge < -0.3 is 15.1 Å². The number of nitrogens with one attached hydrogen (secondary N) is 2. The lowest BCUT2D eigenvalue weighted by Crippen LogP contribution is -2.36. The van der Waals surface area contributed by atoms with Crippen LogP contribution in [0.2, 0.25) is 5.02 Å². The lowest BCUT2D eigenvalue weighted by Gasteiger charge is -2.08. The van der Waals surface area contributed by atoms with Gasteiger partial charge in [0.1, 0.15) is 5.76 Å². The first-order valence-electron chi connectivity index (χ1n) is 6.50. The molecular weight excluding hydrogens is 372 g/mol. The van der Waals surface area contributed by atoms with E-state index >= 15 is 0 Å². The minimum atomic E-state index is -0.344. The topological polar surface area (TPSA) is 71.3 Å². The van der Waals surface area contributed by atoms with Crippen molar-refractivity contribution in [2.24, 2.45) is 0 Å². The van der Waals surface area contributed by atoms with Crippen LogP contribution in [0.25, 0.3) is 0 Å². The molecule has 0 saturated carbocycles. The van der Waals surface area contributed by atoms with Gasteiger partial charge in [-0.25, -0.2) is 0 Å². The summed E-state index contributed by atoms with van der Waals surface area (Å²) < 4.78 is 5.91. The molecule has 116 valence electrons. The van der Waals surface area contributed by atoms with Crippen LogP contribution in [0.3, 0.4) is 0 Å². The van der Waals surface area contributed by atoms with Gasteiger partial charge >= 0.3 is 0 Å². The molecule has 0 aliphatic heterocycles. The third kappa shape index (κ3) is 4.35. The summed E-state index contributed by atoms with van der Waals surface area (Å²) >= 11 is 9.38. The summed E-state index contributed by atoms with van der Waals surface area (Å²) in [4.78, 5) is 23.6. The van der Waals surface area contributed by atoms with Gasteiger partial charge in [-0.1, -0.05) is 33.6 Å². The number of hydrogen-bond acceptors (Lipinski definition) is 3. The summed E-state index contributed by atoms with van der Waals surface area (Å²) in [6.07, 6.45) is 1.43. The summed E-state index contributed by atoms with van der Waals surface area (Å²) in [5.74, 6) is -0.129. The highest BCUT2D eigenvalue weighted by atomic mass is 79.9. The number of benzene rings is 1. The number of aryl methyl sites for hydroxylation is 1. The minimum Gasteiger partial charge on any atom is -0.469 e. The van der Waals surface area contributed by atoms with Gasteiger partial charge in [-0.05, 0) is 30.7 Å². The Morgan fingerprint density at radius 2 is 2.05 bits per heavy atom. The van der Waals surface area contributed by atoms with Gasteiger partial charge in [0.05, 0.1) is 18.4 Å². The summed E-state index contributed by atoms with van der Waals surface area (Å²) in [6.45, 7) is 1.87. The Hall–Kier alpha value is -1.79. The largest absolute Gasteiger partial charge is 0.469 e. The monoisotopic (exact) mass is 384 g/mol. The fraction of sp³-hybridized carbons (Fsp3) is 0.200. The third-order valence-electron chi connectivity index (χ3n) is 3.00. The van der Waals surface area contributed by atoms with Crippen LogP contribution in [0, 0.1) is 6.92 Å². The highest BCUT2D eigenvalue weighted by molar-refractivity contribution is 9.10. The van der Waals surface area contributed by atoms with Gasteiger partial charge in [0.25, 0.3) is 5.91 Å². The van der Waals surface area contributed by atoms with Gasteiger partial charge in [0, 0.05) is 16.0 Å². The van der Waals surface area contributed by atoms with E-state index in [9.17, 15) is 9.59 Å². The minimum absolute atomic E-state index is 0.113. The van der Waals surface area contributed by atoms with E-state index in [1.807, 2.05) is 12.1 Å². The van der Waals surface area contributed by atoms with Gasteiger partial charge in [-0.3, -0.25) is 9.59 Å². The first-order chi connectivity index (χ1) is 10.5. The summed E-state index contributed by atoms with van der Waals surface area (Å²) in [5, 5.41) is 5.79. The third-order valence-corrected chi connectivity index (χ3v) is 3.85. The summed E-state index contributed by atoms with van der Waals surface area (Å²) in [7, 11) is 0. The molecule has 0 unspecified atom stereocenters. The number of furan rings is 1. The van der Waals surface area contributed by atoms with E-state index in [-0.39, 0.29) is 18.4 Å². The molecule has 5 nitrogen and oxygen atoms in total. The molecule has 0 aliphatic carbocycles. The normalized spacial score (nSPS) is 10.3. The average molecular weight is 386 g/mol. The van der Waals surface area contributed by atoms with Crippen LogP contribution in [-0.4, -0.2) is 18.4 Å². The molecule has 2 rings (SSSR count). The highest BCUT2D eigenvalue weighted by Crippen LogP contribution is 2.21. The molecule has 1 heterocycles. The second-order valence-corrected chi connectivity index (χ2v) is 5.91. The van der Waals surface area contributed by atoms with Crippen molar-refractivity contribution >= 4 is 39.3 Å². The Balaban J connectivity index is 1.81. The Morgan fingerprint density at radius 1 is 1.27 bits per heavy atom. The molecule has 1 aromatic carbocycles. The molecule has 0 saturated heterocycles. The van der Waals surface area contributed by atoms with Crippen molar-refractivity contribution in [3.05, 3.63) is 56.9 Å². The first kappa shape index (κ1) is 16.6. The van der Waals surface area contributed by atoms with E-state index in [0.717, 1.165) is 10.0 Å². The van der Waals surface area contributed by atoms with Crippen LogP contribution >= 0.6 is 27.5 Å². The highest BCUT2D eigenvalue weighted by Gasteiger charge is 2.12. The van der Waals surface area contributed by atoms with Crippen LogP contribution in [0.15, 0.2) is 39.4 Å². The van der Waals surface area contributed by atoms with E-state index in [1.54, 1.807) is 19.1 Å². The predicted molar refractivity (Wildman–Crippen MR) is 86.8 cm³/mol. The van der Waals surface area contributed by atoms with Crippen molar-refractivity contribution in [2.45, 2.75) is 13.5 Å². The van der Waals surface area contributed by atoms with Crippen LogP contribution < -0.4 is 10.6 Å². The number of amides is 2. The Bertz CT molecular complexity index is 700. The molecule has 0 spiro atoms. The average Bonchev–Trinajstić information content (AvgIpc) is 2.90. The van der Waals surface area contributed by atoms with Crippen molar-refractivity contribution in [2.75, 3.05) is 6.54 Å². The number of carbonyl (C=O) groups excluding carboxylic acids is 2. The summed E-state index contributed by atoms with van der Waals surface area (Å²) in [5.41, 5.74) is 1.22. The number of halogens is 2. The van der Waals surface area contributed by atoms with Crippen molar-refractivity contribution < 1.29 is 14.0 Å². The van der Waals surface area contributed by atoms with Crippen molar-refractivity contribution in [3.63, 3.8) is 0 Å². The standard InChI is InChI=1S/C15H14BrClN2O3/c1-9-12(4-5-22-9)15(21)19-8-14(20)18-7-10-2-3-11(16)6-13(10)17/h2-6H,7-8H2,1H3,(H,18,20)(H,19,21). The van der Waals surface area contributed by atoms with E-state index in [2.05, 4.69) is 26.6 Å². The fourth-order valence-corrected chi connectivity index (χ4v) is 2.54. The first-order valence-corrected chi connectivity index (χ1v) is 7.67. The zero-order chi connectivity index (χ0) is 16.1. The molecule has 0 aliphatic rings. The fourth-order valence-electron chi connectivity index (χ4n) is 1.80. The molecule has 2 N–H and O–H groups in total. The van der Waals surface area contributed by atoms with Crippen LogP contribution in [0.5, 0.6) is 0 Å². The molecule has 0 atom stereocenters. The molecular formula is C15H14BrClN2O3. The van der Waals surface area contributed by atoms with Gasteiger partial charge in [-0.2, -0.15) is 0 Å². The SMILES string of the molecule is Cc1occc1C(=O)NCC(=O)NCc1ccc(Br)cc1Cl. The quantitative estimate of drug-likeness (QED) is 0.831. The Labute approximate surface area is 141 Å². The molecule has 2 aromatic rings. The van der Waals surface area contributed by atoms with Crippen molar-refractivity contribution in [1.29, 1.82) is 0 Å². The van der Waals surface area contributed by atoms with Crippen LogP contribution in [0.4, 0.5) is 0 Å². The second kappa shape index (κ2) is 7.47. The molecule has 0 radical (unpaired) electrons. The zero-order valence-electron chi connectivity index (χ0n) is 11.8. The van der Waals surface area contributed by atoms with E-state index in [0.29, 0.717) is 22.9 Å². The van der Waals surface area contributed by atoms with Crippen molar-refractivity contribution in [3.8, 4) is 0 Å². The molecule has 22 heavy (non-hydrogen) atoms. The smallest absolute Gasteiger partial charge is 0.255 e. The Kier molecular flexibility index (Phi) is 5.63. The van der Waals surface area contributed by atoms with Crippen LogP contribution in [0.1, 0.15) is 21.7 Å². The van der Waals surface area contributed by atoms with E-state index < -0.39 is 0 Å². The molecule has 0 bridgehead atoms. The molecule has 1 aromatic heterocycles. The van der Waals surface area contributed by atoms with Crippen LogP contribution in [-0.2, 0) is 11.3 Å². The van der Waals surface area contributed by atoms with Gasteiger partial charge in [-0.15, -0.1) is 0 Å². The van der Waals surface area contributed by atoms with Gasteiger partial charge in [0.2, 0.25) is 5.91 Å². The number of rotatable bonds is 5.